The van der Waals surface area contributed by atoms with Crippen molar-refractivity contribution in [2.24, 2.45) is 0 Å². The third kappa shape index (κ3) is 2.55. The molecule has 0 saturated carbocycles. The van der Waals surface area contributed by atoms with Crippen molar-refractivity contribution in [2.75, 3.05) is 12.8 Å². The Morgan fingerprint density at radius 3 is 3.00 bits per heavy atom. The van der Waals surface area contributed by atoms with Crippen LogP contribution in [-0.4, -0.2) is 44.3 Å². The molecule has 0 unspecified atom stereocenters. The molecule has 9 heteroatoms. The molecule has 8 nitrogen and oxygen atoms in total. The van der Waals surface area contributed by atoms with Gasteiger partial charge in [-0.15, -0.1) is 5.10 Å². The summed E-state index contributed by atoms with van der Waals surface area (Å²) in [7, 11) is 1.45. The minimum Gasteiger partial charge on any atom is -0.341 e. The van der Waals surface area contributed by atoms with E-state index in [0.29, 0.717) is 10.9 Å². The number of hydrogen-bond donors (Lipinski definition) is 3. The van der Waals surface area contributed by atoms with Crippen molar-refractivity contribution < 1.29 is 9.59 Å². The number of para-hydroxylation sites is 2. The Kier molecular flexibility index (Phi) is 3.48. The number of H-pyrrole nitrogens is 1. The number of nitrogens with one attached hydrogen (secondary N) is 3. The van der Waals surface area contributed by atoms with Crippen LogP contribution in [0.3, 0.4) is 0 Å². The number of aromatic amines is 1. The molecule has 3 aromatic rings. The van der Waals surface area contributed by atoms with Crippen LogP contribution in [0.4, 0.5) is 4.79 Å². The first-order chi connectivity index (χ1) is 10.2. The quantitative estimate of drug-likeness (QED) is 0.620. The number of fused-ring (bicyclic) bond motifs is 3. The summed E-state index contributed by atoms with van der Waals surface area (Å²) in [6.07, 6.45) is 0. The average molecular weight is 304 g/mol. The van der Waals surface area contributed by atoms with Gasteiger partial charge in [0.25, 0.3) is 0 Å². The van der Waals surface area contributed by atoms with Crippen molar-refractivity contribution in [1.29, 1.82) is 0 Å². The second kappa shape index (κ2) is 5.44. The summed E-state index contributed by atoms with van der Waals surface area (Å²) in [6, 6.07) is 7.13. The number of urea groups is 1. The van der Waals surface area contributed by atoms with E-state index in [1.807, 2.05) is 28.7 Å². The second-order valence-electron chi connectivity index (χ2n) is 4.18. The normalized spacial score (nSPS) is 10.9. The van der Waals surface area contributed by atoms with E-state index in [-0.39, 0.29) is 11.7 Å². The van der Waals surface area contributed by atoms with Gasteiger partial charge in [0.2, 0.25) is 11.7 Å². The van der Waals surface area contributed by atoms with Crippen molar-refractivity contribution in [2.45, 2.75) is 5.16 Å². The minimum atomic E-state index is -0.527. The standard InChI is InChI=1S/C12H12N6O2S/c1-13-11(20)15-9(19)6-21-12-17-16-10-14-7-4-2-3-5-8(7)18(10)12/h2-5H,6H2,1H3,(H,14,16)(H2,13,15,19,20). The Balaban J connectivity index is 1.81. The van der Waals surface area contributed by atoms with Crippen LogP contribution in [0, 0.1) is 0 Å². The number of thioether (sulfide) groups is 1. The maximum atomic E-state index is 11.6. The highest BCUT2D eigenvalue weighted by Crippen LogP contribution is 2.22. The zero-order valence-electron chi connectivity index (χ0n) is 11.1. The van der Waals surface area contributed by atoms with Crippen LogP contribution < -0.4 is 10.6 Å². The van der Waals surface area contributed by atoms with Gasteiger partial charge in [-0.3, -0.25) is 14.5 Å². The van der Waals surface area contributed by atoms with Gasteiger partial charge < -0.3 is 5.32 Å². The molecule has 1 aromatic carbocycles. The molecule has 0 atom stereocenters. The fourth-order valence-electron chi connectivity index (χ4n) is 1.89. The molecule has 108 valence electrons. The molecule has 3 N–H and O–H groups in total. The highest BCUT2D eigenvalue weighted by Gasteiger charge is 2.14. The first kappa shape index (κ1) is 13.4. The number of nitrogens with zero attached hydrogens (tertiary/aromatic N) is 3. The molecule has 0 spiro atoms. The van der Waals surface area contributed by atoms with Gasteiger partial charge in [-0.25, -0.2) is 14.9 Å². The molecule has 3 amide bonds. The van der Waals surface area contributed by atoms with Crippen LogP contribution >= 0.6 is 11.8 Å². The van der Waals surface area contributed by atoms with Crippen molar-refractivity contribution in [1.82, 2.24) is 30.2 Å². The van der Waals surface area contributed by atoms with Crippen molar-refractivity contribution in [3.05, 3.63) is 24.3 Å². The van der Waals surface area contributed by atoms with E-state index in [1.165, 1.54) is 18.8 Å². The second-order valence-corrected chi connectivity index (χ2v) is 5.12. The lowest BCUT2D eigenvalue weighted by Crippen LogP contribution is -2.38. The number of rotatable bonds is 3. The number of imide groups is 1. The van der Waals surface area contributed by atoms with Gasteiger partial charge in [-0.1, -0.05) is 23.9 Å². The topological polar surface area (TPSA) is 104 Å². The van der Waals surface area contributed by atoms with Gasteiger partial charge >= 0.3 is 6.03 Å². The van der Waals surface area contributed by atoms with Crippen LogP contribution in [0.25, 0.3) is 16.8 Å². The third-order valence-electron chi connectivity index (χ3n) is 2.82. The van der Waals surface area contributed by atoms with Gasteiger partial charge in [0, 0.05) is 7.05 Å². The van der Waals surface area contributed by atoms with Crippen LogP contribution in [-0.2, 0) is 4.79 Å². The number of carbonyl (C=O) groups is 2. The zero-order valence-corrected chi connectivity index (χ0v) is 11.9. The maximum absolute atomic E-state index is 11.6. The van der Waals surface area contributed by atoms with E-state index in [2.05, 4.69) is 25.8 Å². The Hall–Kier alpha value is -2.55. The summed E-state index contributed by atoms with van der Waals surface area (Å²) in [4.78, 5) is 27.0. The van der Waals surface area contributed by atoms with E-state index in [4.69, 9.17) is 0 Å². The van der Waals surface area contributed by atoms with Crippen LogP contribution in [0.1, 0.15) is 0 Å². The molecule has 3 rings (SSSR count). The summed E-state index contributed by atoms with van der Waals surface area (Å²) in [5, 5.41) is 12.1. The predicted octanol–water partition coefficient (Wildman–Crippen LogP) is 0.758. The molecule has 0 bridgehead atoms. The molecule has 0 fully saturated rings. The summed E-state index contributed by atoms with van der Waals surface area (Å²) in [6.45, 7) is 0. The van der Waals surface area contributed by atoms with Crippen molar-refractivity contribution in [3.8, 4) is 0 Å². The molecule has 0 saturated heterocycles. The number of aromatic nitrogens is 4. The van der Waals surface area contributed by atoms with Crippen LogP contribution in [0.5, 0.6) is 0 Å². The van der Waals surface area contributed by atoms with Gasteiger partial charge in [0.1, 0.15) is 0 Å². The molecular weight excluding hydrogens is 292 g/mol. The molecule has 0 aliphatic rings. The van der Waals surface area contributed by atoms with Gasteiger partial charge in [-0.2, -0.15) is 0 Å². The van der Waals surface area contributed by atoms with Gasteiger partial charge in [0.15, 0.2) is 5.16 Å². The first-order valence-corrected chi connectivity index (χ1v) is 7.13. The van der Waals surface area contributed by atoms with E-state index in [1.54, 1.807) is 0 Å². The van der Waals surface area contributed by atoms with Gasteiger partial charge in [0.05, 0.1) is 16.8 Å². The molecule has 0 aliphatic heterocycles. The summed E-state index contributed by atoms with van der Waals surface area (Å²) >= 11 is 1.23. The molecule has 2 aromatic heterocycles. The molecule has 21 heavy (non-hydrogen) atoms. The Labute approximate surface area is 123 Å². The fourth-order valence-corrected chi connectivity index (χ4v) is 2.65. The van der Waals surface area contributed by atoms with Crippen molar-refractivity contribution in [3.63, 3.8) is 0 Å². The molecule has 0 aliphatic carbocycles. The maximum Gasteiger partial charge on any atom is 0.321 e. The zero-order chi connectivity index (χ0) is 14.8. The van der Waals surface area contributed by atoms with E-state index < -0.39 is 6.03 Å². The third-order valence-corrected chi connectivity index (χ3v) is 3.75. The average Bonchev–Trinajstić information content (AvgIpc) is 3.04. The smallest absolute Gasteiger partial charge is 0.321 e. The SMILES string of the molecule is CNC(=O)NC(=O)CSc1n[nH]c2nc3ccccc3n12. The number of amides is 3. The van der Waals surface area contributed by atoms with Crippen LogP contribution in [0.2, 0.25) is 0 Å². The largest absolute Gasteiger partial charge is 0.341 e. The number of benzene rings is 1. The predicted molar refractivity (Wildman–Crippen MR) is 78.2 cm³/mol. The lowest BCUT2D eigenvalue weighted by Gasteiger charge is -2.02. The first-order valence-electron chi connectivity index (χ1n) is 6.15. The van der Waals surface area contributed by atoms with Crippen molar-refractivity contribution >= 4 is 40.5 Å². The highest BCUT2D eigenvalue weighted by atomic mass is 32.2. The number of imidazole rings is 1. The number of carbonyl (C=O) groups excluding carboxylic acids is 2. The summed E-state index contributed by atoms with van der Waals surface area (Å²) in [5.74, 6) is 0.310. The summed E-state index contributed by atoms with van der Waals surface area (Å²) in [5.41, 5.74) is 1.76. The molecule has 2 heterocycles. The molecule has 0 radical (unpaired) electrons. The Morgan fingerprint density at radius 2 is 2.19 bits per heavy atom. The van der Waals surface area contributed by atoms with Gasteiger partial charge in [-0.05, 0) is 12.1 Å². The number of hydrogen-bond acceptors (Lipinski definition) is 5. The van der Waals surface area contributed by atoms with E-state index in [0.717, 1.165) is 11.0 Å². The fraction of sp³-hybridized carbons (Fsp3) is 0.167. The minimum absolute atomic E-state index is 0.0832. The highest BCUT2D eigenvalue weighted by molar-refractivity contribution is 7.99. The van der Waals surface area contributed by atoms with E-state index >= 15 is 0 Å². The van der Waals surface area contributed by atoms with Crippen LogP contribution in [0.15, 0.2) is 29.4 Å². The lowest BCUT2D eigenvalue weighted by molar-refractivity contribution is -0.117. The molecular formula is C12H12N6O2S. The summed E-state index contributed by atoms with van der Waals surface area (Å²) < 4.78 is 1.84. The Bertz CT molecular complexity index is 823. The monoisotopic (exact) mass is 304 g/mol. The van der Waals surface area contributed by atoms with E-state index in [9.17, 15) is 9.59 Å². The lowest BCUT2D eigenvalue weighted by atomic mass is 10.3. The Morgan fingerprint density at radius 1 is 1.38 bits per heavy atom.